The van der Waals surface area contributed by atoms with Gasteiger partial charge in [0, 0.05) is 25.0 Å². The van der Waals surface area contributed by atoms with Gasteiger partial charge in [-0.25, -0.2) is 9.98 Å². The van der Waals surface area contributed by atoms with Crippen molar-refractivity contribution in [2.24, 2.45) is 0 Å². The molecule has 0 saturated carbocycles. The minimum atomic E-state index is 0. The normalized spacial score (nSPS) is 12.5. The monoisotopic (exact) mass is 648 g/mol. The van der Waals surface area contributed by atoms with Gasteiger partial charge in [-0.15, -0.1) is 24.5 Å². The SMILES string of the molecule is CC(=[NH+]Cc1ccccc1)/C(Cl)=C(/C)[N-]Cc1ccccc1.CC(=[NH+]Cc1ccccc1)/C(Cl)=C(/C)[N-]Cc1ccccc1.[Mg+2]. The van der Waals surface area contributed by atoms with E-state index in [4.69, 9.17) is 23.2 Å². The summed E-state index contributed by atoms with van der Waals surface area (Å²) < 4.78 is 0. The Balaban J connectivity index is 0.000000307. The zero-order valence-corrected chi connectivity index (χ0v) is 29.7. The van der Waals surface area contributed by atoms with Gasteiger partial charge in [-0.2, -0.15) is 0 Å². The van der Waals surface area contributed by atoms with Crippen molar-refractivity contribution in [3.8, 4) is 0 Å². The predicted molar refractivity (Wildman–Crippen MR) is 193 cm³/mol. The van der Waals surface area contributed by atoms with Crippen LogP contribution in [0.2, 0.25) is 0 Å². The smallest absolute Gasteiger partial charge is 0.683 e. The van der Waals surface area contributed by atoms with Crippen molar-refractivity contribution < 1.29 is 9.98 Å². The Morgan fingerprint density at radius 1 is 0.467 bits per heavy atom. The van der Waals surface area contributed by atoms with Crippen molar-refractivity contribution in [2.45, 2.75) is 53.9 Å². The second-order valence-corrected chi connectivity index (χ2v) is 11.1. The van der Waals surface area contributed by atoms with Crippen molar-refractivity contribution in [3.63, 3.8) is 0 Å². The molecule has 0 spiro atoms. The quantitative estimate of drug-likeness (QED) is 0.121. The second kappa shape index (κ2) is 21.4. The van der Waals surface area contributed by atoms with Crippen LogP contribution in [0.15, 0.2) is 143 Å². The Bertz CT molecular complexity index is 1420. The molecule has 0 fully saturated rings. The van der Waals surface area contributed by atoms with E-state index < -0.39 is 0 Å². The van der Waals surface area contributed by atoms with Gasteiger partial charge in [0.15, 0.2) is 24.5 Å². The van der Waals surface area contributed by atoms with Crippen LogP contribution in [0.1, 0.15) is 49.9 Å². The molecule has 2 N–H and O–H groups in total. The molecule has 4 nitrogen and oxygen atoms in total. The van der Waals surface area contributed by atoms with Gasteiger partial charge in [-0.1, -0.05) is 170 Å². The van der Waals surface area contributed by atoms with E-state index in [2.05, 4.69) is 69.1 Å². The van der Waals surface area contributed by atoms with E-state index in [9.17, 15) is 0 Å². The number of benzene rings is 4. The Morgan fingerprint density at radius 3 is 1.02 bits per heavy atom. The summed E-state index contributed by atoms with van der Waals surface area (Å²) in [7, 11) is 0. The van der Waals surface area contributed by atoms with Gasteiger partial charge in [-0.05, 0) is 0 Å². The molecule has 0 unspecified atom stereocenters. The van der Waals surface area contributed by atoms with Crippen LogP contribution in [0.5, 0.6) is 0 Å². The van der Waals surface area contributed by atoms with Gasteiger partial charge in [-0.3, -0.25) is 0 Å². The van der Waals surface area contributed by atoms with E-state index in [0.29, 0.717) is 23.2 Å². The summed E-state index contributed by atoms with van der Waals surface area (Å²) in [5.74, 6) is 0. The number of hydrogen-bond acceptors (Lipinski definition) is 0. The summed E-state index contributed by atoms with van der Waals surface area (Å²) in [6.07, 6.45) is 0. The van der Waals surface area contributed by atoms with E-state index in [1.807, 2.05) is 100 Å². The zero-order valence-electron chi connectivity index (χ0n) is 26.7. The number of allylic oxidation sites excluding steroid dienone is 4. The van der Waals surface area contributed by atoms with Gasteiger partial charge in [0.2, 0.25) is 0 Å². The molecule has 0 atom stereocenters. The predicted octanol–water partition coefficient (Wildman–Crippen LogP) is 7.16. The summed E-state index contributed by atoms with van der Waals surface area (Å²) in [5, 5.41) is 10.5. The Labute approximate surface area is 295 Å². The van der Waals surface area contributed by atoms with Crippen molar-refractivity contribution in [1.82, 2.24) is 0 Å². The van der Waals surface area contributed by atoms with Crippen molar-refractivity contribution >= 4 is 57.7 Å². The first-order valence-electron chi connectivity index (χ1n) is 14.7. The van der Waals surface area contributed by atoms with Crippen molar-refractivity contribution in [1.29, 1.82) is 0 Å². The van der Waals surface area contributed by atoms with E-state index in [1.165, 1.54) is 22.3 Å². The molecule has 228 valence electrons. The number of halogens is 2. The van der Waals surface area contributed by atoms with Crippen molar-refractivity contribution in [2.75, 3.05) is 0 Å². The topological polar surface area (TPSA) is 56.1 Å². The van der Waals surface area contributed by atoms with Gasteiger partial charge >= 0.3 is 23.1 Å². The van der Waals surface area contributed by atoms with Crippen LogP contribution in [0.4, 0.5) is 0 Å². The molecule has 4 rings (SSSR count). The molecule has 0 aromatic heterocycles. The average molecular weight is 650 g/mol. The fraction of sp³-hybridized carbons (Fsp3) is 0.211. The first kappa shape index (κ1) is 37.8. The fourth-order valence-corrected chi connectivity index (χ4v) is 4.34. The van der Waals surface area contributed by atoms with Crippen LogP contribution in [0.3, 0.4) is 0 Å². The molecule has 0 aliphatic heterocycles. The number of nitrogens with one attached hydrogen (secondary N) is 2. The Hall–Kier alpha value is -3.35. The largest absolute Gasteiger partial charge is 2.00 e. The van der Waals surface area contributed by atoms with Crippen LogP contribution < -0.4 is 9.98 Å². The molecule has 0 heterocycles. The molecule has 0 aliphatic rings. The first-order valence-corrected chi connectivity index (χ1v) is 15.5. The van der Waals surface area contributed by atoms with E-state index in [0.717, 1.165) is 35.9 Å². The van der Waals surface area contributed by atoms with Gasteiger partial charge in [0.1, 0.15) is 0 Å². The van der Waals surface area contributed by atoms with Gasteiger partial charge in [0.05, 0.1) is 10.1 Å². The third kappa shape index (κ3) is 14.5. The molecule has 4 aromatic rings. The van der Waals surface area contributed by atoms with Crippen LogP contribution in [0.25, 0.3) is 10.6 Å². The van der Waals surface area contributed by atoms with Crippen LogP contribution >= 0.6 is 23.2 Å². The number of nitrogens with zero attached hydrogens (tertiary/aromatic N) is 2. The molecule has 0 aliphatic carbocycles. The zero-order chi connectivity index (χ0) is 31.6. The van der Waals surface area contributed by atoms with Crippen molar-refractivity contribution in [3.05, 3.63) is 176 Å². The van der Waals surface area contributed by atoms with E-state index in [-0.39, 0.29) is 23.1 Å². The maximum atomic E-state index is 6.40. The second-order valence-electron chi connectivity index (χ2n) is 10.3. The maximum absolute atomic E-state index is 6.40. The minimum absolute atomic E-state index is 0. The van der Waals surface area contributed by atoms with Gasteiger partial charge < -0.3 is 10.6 Å². The Morgan fingerprint density at radius 2 is 0.733 bits per heavy atom. The summed E-state index contributed by atoms with van der Waals surface area (Å²) >= 11 is 12.8. The third-order valence-electron chi connectivity index (χ3n) is 6.78. The molecule has 45 heavy (non-hydrogen) atoms. The molecule has 0 radical (unpaired) electrons. The Kier molecular flexibility index (Phi) is 18.0. The number of rotatable bonds is 12. The summed E-state index contributed by atoms with van der Waals surface area (Å²) in [6, 6.07) is 40.8. The van der Waals surface area contributed by atoms with Crippen LogP contribution in [-0.2, 0) is 26.2 Å². The fourth-order valence-electron chi connectivity index (χ4n) is 4.08. The van der Waals surface area contributed by atoms with E-state index in [1.54, 1.807) is 0 Å². The summed E-state index contributed by atoms with van der Waals surface area (Å²) in [5.41, 5.74) is 8.41. The van der Waals surface area contributed by atoms with Crippen LogP contribution in [0, 0.1) is 0 Å². The molecule has 4 aromatic carbocycles. The molecular formula is C38H42Cl2MgN4+2. The number of hydrogen-bond donors (Lipinski definition) is 2. The minimum Gasteiger partial charge on any atom is -0.683 e. The standard InChI is InChI=1S/2C19H20ClN2.Mg/c2*1-15(21-13-17-9-5-3-6-10-17)19(20)16(2)22-14-18-11-7-4-8-12-18;/h2*3-12H,13-14H2,1-2H3;/q2*-1;+2/p+2/b2*19-15+,22-16?;. The first-order chi connectivity index (χ1) is 21.3. The van der Waals surface area contributed by atoms with Gasteiger partial charge in [0.25, 0.3) is 0 Å². The summed E-state index contributed by atoms with van der Waals surface area (Å²) in [4.78, 5) is 6.69. The van der Waals surface area contributed by atoms with E-state index >= 15 is 0 Å². The average Bonchev–Trinajstić information content (AvgIpc) is 3.08. The molecule has 0 amide bonds. The molecule has 0 bridgehead atoms. The molecular weight excluding hydrogens is 608 g/mol. The summed E-state index contributed by atoms with van der Waals surface area (Å²) in [6.45, 7) is 10.7. The molecule has 0 saturated heterocycles. The molecule has 7 heteroatoms. The maximum Gasteiger partial charge on any atom is 2.00 e. The van der Waals surface area contributed by atoms with Crippen LogP contribution in [-0.4, -0.2) is 34.5 Å². The third-order valence-corrected chi connectivity index (χ3v) is 7.89.